The van der Waals surface area contributed by atoms with Crippen molar-refractivity contribution in [3.8, 4) is 0 Å². The van der Waals surface area contributed by atoms with E-state index in [4.69, 9.17) is 0 Å². The zero-order valence-corrected chi connectivity index (χ0v) is 15.7. The SMILES string of the molecule is CC(C)CNc1nccc(C(=O)N(Cc2ccccc2)c2ccccc2)n1. The van der Waals surface area contributed by atoms with E-state index in [0.717, 1.165) is 17.8 Å². The number of carbonyl (C=O) groups is 1. The lowest BCUT2D eigenvalue weighted by atomic mass is 10.2. The molecule has 3 rings (SSSR count). The van der Waals surface area contributed by atoms with Crippen molar-refractivity contribution in [3.63, 3.8) is 0 Å². The summed E-state index contributed by atoms with van der Waals surface area (Å²) in [4.78, 5) is 23.6. The molecule has 2 aromatic carbocycles. The van der Waals surface area contributed by atoms with Crippen molar-refractivity contribution in [1.29, 1.82) is 0 Å². The average Bonchev–Trinajstić information content (AvgIpc) is 2.71. The summed E-state index contributed by atoms with van der Waals surface area (Å²) in [6.07, 6.45) is 1.62. The summed E-state index contributed by atoms with van der Waals surface area (Å²) < 4.78 is 0. The van der Waals surface area contributed by atoms with Gasteiger partial charge in [0, 0.05) is 18.4 Å². The van der Waals surface area contributed by atoms with Gasteiger partial charge in [-0.2, -0.15) is 0 Å². The topological polar surface area (TPSA) is 58.1 Å². The third kappa shape index (κ3) is 5.14. The molecule has 0 unspecified atom stereocenters. The molecule has 0 fully saturated rings. The standard InChI is InChI=1S/C22H24N4O/c1-17(2)15-24-22-23-14-13-20(25-22)21(27)26(19-11-7-4-8-12-19)16-18-9-5-3-6-10-18/h3-14,17H,15-16H2,1-2H3,(H,23,24,25). The Hall–Kier alpha value is -3.21. The number of rotatable bonds is 7. The predicted molar refractivity (Wildman–Crippen MR) is 109 cm³/mol. The Morgan fingerprint density at radius 1 is 1.00 bits per heavy atom. The minimum Gasteiger partial charge on any atom is -0.354 e. The maximum absolute atomic E-state index is 13.2. The molecule has 1 aromatic heterocycles. The minimum absolute atomic E-state index is 0.153. The minimum atomic E-state index is -0.153. The Labute approximate surface area is 160 Å². The number of amides is 1. The van der Waals surface area contributed by atoms with Gasteiger partial charge in [-0.3, -0.25) is 4.79 Å². The molecule has 0 aliphatic carbocycles. The van der Waals surface area contributed by atoms with E-state index in [1.165, 1.54) is 0 Å². The number of hydrogen-bond donors (Lipinski definition) is 1. The van der Waals surface area contributed by atoms with Crippen LogP contribution in [0.3, 0.4) is 0 Å². The maximum atomic E-state index is 13.2. The summed E-state index contributed by atoms with van der Waals surface area (Å²) in [7, 11) is 0. The molecule has 0 saturated heterocycles. The van der Waals surface area contributed by atoms with Gasteiger partial charge in [-0.25, -0.2) is 9.97 Å². The quantitative estimate of drug-likeness (QED) is 0.679. The van der Waals surface area contributed by atoms with Crippen LogP contribution < -0.4 is 10.2 Å². The highest BCUT2D eigenvalue weighted by atomic mass is 16.2. The van der Waals surface area contributed by atoms with E-state index < -0.39 is 0 Å². The highest BCUT2D eigenvalue weighted by Crippen LogP contribution is 2.19. The Morgan fingerprint density at radius 3 is 2.33 bits per heavy atom. The van der Waals surface area contributed by atoms with Crippen molar-refractivity contribution >= 4 is 17.5 Å². The van der Waals surface area contributed by atoms with E-state index in [9.17, 15) is 4.79 Å². The first-order valence-electron chi connectivity index (χ1n) is 9.11. The molecule has 3 aromatic rings. The number of anilines is 2. The molecule has 0 bridgehead atoms. The molecule has 1 N–H and O–H groups in total. The van der Waals surface area contributed by atoms with Gasteiger partial charge in [0.15, 0.2) is 0 Å². The summed E-state index contributed by atoms with van der Waals surface area (Å²) in [6.45, 7) is 5.45. The van der Waals surface area contributed by atoms with Crippen LogP contribution in [-0.4, -0.2) is 22.4 Å². The van der Waals surface area contributed by atoms with Crippen LogP contribution in [0.15, 0.2) is 72.9 Å². The summed E-state index contributed by atoms with van der Waals surface area (Å²) in [5.74, 6) is 0.786. The van der Waals surface area contributed by atoms with Gasteiger partial charge in [-0.1, -0.05) is 62.4 Å². The van der Waals surface area contributed by atoms with Crippen molar-refractivity contribution in [2.45, 2.75) is 20.4 Å². The number of hydrogen-bond acceptors (Lipinski definition) is 4. The number of benzene rings is 2. The monoisotopic (exact) mass is 360 g/mol. The number of nitrogens with one attached hydrogen (secondary N) is 1. The number of carbonyl (C=O) groups excluding carboxylic acids is 1. The zero-order chi connectivity index (χ0) is 19.1. The average molecular weight is 360 g/mol. The number of nitrogens with zero attached hydrogens (tertiary/aromatic N) is 3. The van der Waals surface area contributed by atoms with Crippen LogP contribution in [-0.2, 0) is 6.54 Å². The van der Waals surface area contributed by atoms with Crippen LogP contribution in [0.1, 0.15) is 29.9 Å². The van der Waals surface area contributed by atoms with Crippen LogP contribution in [0, 0.1) is 5.92 Å². The Kier molecular flexibility index (Phi) is 6.15. The molecule has 1 heterocycles. The fourth-order valence-corrected chi connectivity index (χ4v) is 2.65. The first kappa shape index (κ1) is 18.6. The van der Waals surface area contributed by atoms with Gasteiger partial charge in [-0.15, -0.1) is 0 Å². The first-order chi connectivity index (χ1) is 13.1. The third-order valence-electron chi connectivity index (χ3n) is 4.04. The van der Waals surface area contributed by atoms with Gasteiger partial charge in [0.25, 0.3) is 5.91 Å². The van der Waals surface area contributed by atoms with E-state index in [-0.39, 0.29) is 5.91 Å². The van der Waals surface area contributed by atoms with Crippen molar-refractivity contribution < 1.29 is 4.79 Å². The molecular weight excluding hydrogens is 336 g/mol. The van der Waals surface area contributed by atoms with E-state index >= 15 is 0 Å². The largest absolute Gasteiger partial charge is 0.354 e. The molecule has 0 aliphatic rings. The summed E-state index contributed by atoms with van der Waals surface area (Å²) in [6, 6.07) is 21.2. The molecule has 5 nitrogen and oxygen atoms in total. The Balaban J connectivity index is 1.88. The van der Waals surface area contributed by atoms with Crippen molar-refractivity contribution in [2.75, 3.05) is 16.8 Å². The van der Waals surface area contributed by atoms with E-state index in [1.54, 1.807) is 17.2 Å². The highest BCUT2D eigenvalue weighted by molar-refractivity contribution is 6.04. The smallest absolute Gasteiger partial charge is 0.277 e. The van der Waals surface area contributed by atoms with Crippen molar-refractivity contribution in [1.82, 2.24) is 9.97 Å². The van der Waals surface area contributed by atoms with Gasteiger partial charge in [0.2, 0.25) is 5.95 Å². The second kappa shape index (κ2) is 8.94. The van der Waals surface area contributed by atoms with Gasteiger partial charge in [0.05, 0.1) is 6.54 Å². The van der Waals surface area contributed by atoms with Crippen LogP contribution in [0.25, 0.3) is 0 Å². The van der Waals surface area contributed by atoms with E-state index in [2.05, 4.69) is 29.1 Å². The Bertz CT molecular complexity index is 866. The number of aromatic nitrogens is 2. The molecule has 138 valence electrons. The van der Waals surface area contributed by atoms with Crippen molar-refractivity contribution in [3.05, 3.63) is 84.2 Å². The lowest BCUT2D eigenvalue weighted by Crippen LogP contribution is -2.31. The normalized spacial score (nSPS) is 10.6. The van der Waals surface area contributed by atoms with Crippen LogP contribution in [0.2, 0.25) is 0 Å². The van der Waals surface area contributed by atoms with Crippen LogP contribution in [0.5, 0.6) is 0 Å². The van der Waals surface area contributed by atoms with Gasteiger partial charge in [0.1, 0.15) is 5.69 Å². The molecule has 0 radical (unpaired) electrons. The molecule has 27 heavy (non-hydrogen) atoms. The van der Waals surface area contributed by atoms with Crippen LogP contribution >= 0.6 is 0 Å². The summed E-state index contributed by atoms with van der Waals surface area (Å²) in [5.41, 5.74) is 2.26. The molecule has 1 amide bonds. The molecule has 0 spiro atoms. The second-order valence-corrected chi connectivity index (χ2v) is 6.75. The summed E-state index contributed by atoms with van der Waals surface area (Å²) >= 11 is 0. The molecule has 0 aliphatic heterocycles. The highest BCUT2D eigenvalue weighted by Gasteiger charge is 2.20. The van der Waals surface area contributed by atoms with E-state index in [0.29, 0.717) is 24.1 Å². The lowest BCUT2D eigenvalue weighted by molar-refractivity contribution is 0.0980. The first-order valence-corrected chi connectivity index (χ1v) is 9.11. The lowest BCUT2D eigenvalue weighted by Gasteiger charge is -2.23. The summed E-state index contributed by atoms with van der Waals surface area (Å²) in [5, 5.41) is 3.17. The van der Waals surface area contributed by atoms with Crippen LogP contribution in [0.4, 0.5) is 11.6 Å². The molecule has 5 heteroatoms. The fourth-order valence-electron chi connectivity index (χ4n) is 2.65. The molecule has 0 atom stereocenters. The van der Waals surface area contributed by atoms with E-state index in [1.807, 2.05) is 60.7 Å². The predicted octanol–water partition coefficient (Wildman–Crippen LogP) is 4.39. The van der Waals surface area contributed by atoms with Gasteiger partial charge < -0.3 is 10.2 Å². The second-order valence-electron chi connectivity index (χ2n) is 6.75. The zero-order valence-electron chi connectivity index (χ0n) is 15.7. The van der Waals surface area contributed by atoms with Gasteiger partial charge in [-0.05, 0) is 29.7 Å². The molecule has 0 saturated carbocycles. The van der Waals surface area contributed by atoms with Gasteiger partial charge >= 0.3 is 0 Å². The maximum Gasteiger partial charge on any atom is 0.277 e. The number of para-hydroxylation sites is 1. The third-order valence-corrected chi connectivity index (χ3v) is 4.04. The Morgan fingerprint density at radius 2 is 1.67 bits per heavy atom. The van der Waals surface area contributed by atoms with Crippen molar-refractivity contribution in [2.24, 2.45) is 5.92 Å². The fraction of sp³-hybridized carbons (Fsp3) is 0.227. The molecular formula is C22H24N4O.